The molecule has 1 rings (SSSR count). The third-order valence-electron chi connectivity index (χ3n) is 0.910. The molecule has 0 radical (unpaired) electrons. The number of rotatable bonds is 0. The van der Waals surface area contributed by atoms with Crippen molar-refractivity contribution in [3.8, 4) is 0 Å². The maximum atomic E-state index is 3.20. The second-order valence-corrected chi connectivity index (χ2v) is 2.56. The van der Waals surface area contributed by atoms with Crippen molar-refractivity contribution < 1.29 is 0 Å². The predicted molar refractivity (Wildman–Crippen MR) is 31.6 cm³/mol. The first-order chi connectivity index (χ1) is 3.39. The van der Waals surface area contributed by atoms with Crippen LogP contribution < -0.4 is 10.6 Å². The average molecular weight is 163 g/mol. The summed E-state index contributed by atoms with van der Waals surface area (Å²) in [5.74, 6) is 0. The Balaban J connectivity index is 2.25. The van der Waals surface area contributed by atoms with Gasteiger partial charge in [0.1, 0.15) is 0 Å². The zero-order valence-electron chi connectivity index (χ0n) is 4.03. The Bertz CT molecular complexity index is 73.8. The van der Waals surface area contributed by atoms with Crippen LogP contribution in [0.5, 0.6) is 0 Å². The Labute approximate surface area is 51.0 Å². The van der Waals surface area contributed by atoms with Gasteiger partial charge >= 0.3 is 50.4 Å². The third kappa shape index (κ3) is 1.59. The van der Waals surface area contributed by atoms with Crippen molar-refractivity contribution in [2.75, 3.05) is 19.6 Å². The van der Waals surface area contributed by atoms with Crippen LogP contribution in [-0.2, 0) is 0 Å². The molecule has 1 saturated heterocycles. The Morgan fingerprint density at radius 1 is 1.43 bits per heavy atom. The predicted octanol–water partition coefficient (Wildman–Crippen LogP) is -1.52. The van der Waals surface area contributed by atoms with E-state index in [0.29, 0.717) is 0 Å². The SMILES string of the molecule is [Se]=C1CNCCN1. The summed E-state index contributed by atoms with van der Waals surface area (Å²) in [5.41, 5.74) is 0. The van der Waals surface area contributed by atoms with Crippen LogP contribution in [0, 0.1) is 0 Å². The van der Waals surface area contributed by atoms with Crippen molar-refractivity contribution in [1.29, 1.82) is 0 Å². The van der Waals surface area contributed by atoms with Gasteiger partial charge in [-0.1, -0.05) is 0 Å². The molecular weight excluding hydrogens is 155 g/mol. The molecule has 0 aromatic rings. The molecule has 40 valence electrons. The Morgan fingerprint density at radius 3 is 2.57 bits per heavy atom. The number of piperazine rings is 1. The van der Waals surface area contributed by atoms with Crippen molar-refractivity contribution in [1.82, 2.24) is 10.6 Å². The van der Waals surface area contributed by atoms with Crippen LogP contribution in [0.1, 0.15) is 0 Å². The van der Waals surface area contributed by atoms with E-state index in [1.807, 2.05) is 0 Å². The topological polar surface area (TPSA) is 24.1 Å². The second-order valence-electron chi connectivity index (χ2n) is 1.53. The molecule has 3 heteroatoms. The van der Waals surface area contributed by atoms with Gasteiger partial charge in [0.2, 0.25) is 0 Å². The first kappa shape index (κ1) is 5.29. The fraction of sp³-hybridized carbons (Fsp3) is 0.750. The van der Waals surface area contributed by atoms with Gasteiger partial charge in [-0.15, -0.1) is 0 Å². The van der Waals surface area contributed by atoms with Crippen molar-refractivity contribution in [2.45, 2.75) is 0 Å². The molecule has 0 atom stereocenters. The molecule has 0 aliphatic carbocycles. The minimum atomic E-state index is 0.986. The van der Waals surface area contributed by atoms with E-state index in [9.17, 15) is 0 Å². The molecule has 0 aromatic carbocycles. The molecule has 1 aliphatic rings. The molecule has 0 aromatic heterocycles. The molecule has 1 fully saturated rings. The summed E-state index contributed by atoms with van der Waals surface area (Å²) < 4.78 is 1.23. The summed E-state index contributed by atoms with van der Waals surface area (Å²) in [5, 5.41) is 6.38. The van der Waals surface area contributed by atoms with E-state index in [1.165, 1.54) is 4.54 Å². The fourth-order valence-corrected chi connectivity index (χ4v) is 0.983. The molecule has 0 unspecified atom stereocenters. The van der Waals surface area contributed by atoms with Crippen LogP contribution in [0.3, 0.4) is 0 Å². The molecule has 2 nitrogen and oxygen atoms in total. The molecular formula is C4H8N2Se. The summed E-state index contributed by atoms with van der Waals surface area (Å²) >= 11 is 2.92. The standard InChI is InChI=1S/C4H8N2Se/c7-4-3-5-1-2-6-4/h5H,1-3H2,(H,6,7). The molecule has 0 saturated carbocycles. The van der Waals surface area contributed by atoms with Crippen LogP contribution in [0.25, 0.3) is 0 Å². The maximum absolute atomic E-state index is 3.20. The van der Waals surface area contributed by atoms with Crippen LogP contribution in [0.4, 0.5) is 0 Å². The summed E-state index contributed by atoms with van der Waals surface area (Å²) in [6, 6.07) is 0. The van der Waals surface area contributed by atoms with Crippen molar-refractivity contribution in [3.05, 3.63) is 0 Å². The zero-order valence-corrected chi connectivity index (χ0v) is 5.74. The Kier molecular flexibility index (Phi) is 1.86. The summed E-state index contributed by atoms with van der Waals surface area (Å²) in [4.78, 5) is 0. The van der Waals surface area contributed by atoms with Crippen LogP contribution in [0.2, 0.25) is 0 Å². The van der Waals surface area contributed by atoms with Crippen molar-refractivity contribution >= 4 is 20.1 Å². The number of nitrogens with one attached hydrogen (secondary N) is 2. The molecule has 1 aliphatic heterocycles. The summed E-state index contributed by atoms with van der Waals surface area (Å²) in [6.45, 7) is 3.13. The van der Waals surface area contributed by atoms with Gasteiger partial charge in [0.05, 0.1) is 0 Å². The van der Waals surface area contributed by atoms with Gasteiger partial charge in [-0.05, 0) is 0 Å². The van der Waals surface area contributed by atoms with E-state index in [2.05, 4.69) is 26.2 Å². The van der Waals surface area contributed by atoms with E-state index < -0.39 is 0 Å². The van der Waals surface area contributed by atoms with Gasteiger partial charge in [0.15, 0.2) is 0 Å². The van der Waals surface area contributed by atoms with Crippen LogP contribution in [0.15, 0.2) is 0 Å². The molecule has 2 N–H and O–H groups in total. The molecule has 0 spiro atoms. The number of hydrogen-bond acceptors (Lipinski definition) is 2. The summed E-state index contributed by atoms with van der Waals surface area (Å²) in [6.07, 6.45) is 0. The van der Waals surface area contributed by atoms with Crippen LogP contribution in [-0.4, -0.2) is 39.8 Å². The van der Waals surface area contributed by atoms with Gasteiger partial charge in [-0.25, -0.2) is 0 Å². The van der Waals surface area contributed by atoms with Gasteiger partial charge in [-0.3, -0.25) is 0 Å². The van der Waals surface area contributed by atoms with E-state index >= 15 is 0 Å². The second kappa shape index (κ2) is 2.46. The minimum absolute atomic E-state index is 0.986. The monoisotopic (exact) mass is 164 g/mol. The van der Waals surface area contributed by atoms with E-state index in [4.69, 9.17) is 0 Å². The molecule has 0 amide bonds. The quantitative estimate of drug-likeness (QED) is 0.424. The fourth-order valence-electron chi connectivity index (χ4n) is 0.555. The van der Waals surface area contributed by atoms with Gasteiger partial charge in [-0.2, -0.15) is 0 Å². The molecule has 1 heterocycles. The summed E-state index contributed by atoms with van der Waals surface area (Å²) in [7, 11) is 0. The van der Waals surface area contributed by atoms with Crippen molar-refractivity contribution in [3.63, 3.8) is 0 Å². The Morgan fingerprint density at radius 2 is 2.29 bits per heavy atom. The third-order valence-corrected chi connectivity index (χ3v) is 1.52. The number of hydrogen-bond donors (Lipinski definition) is 2. The van der Waals surface area contributed by atoms with E-state index in [1.54, 1.807) is 0 Å². The molecule has 0 bridgehead atoms. The van der Waals surface area contributed by atoms with Gasteiger partial charge < -0.3 is 0 Å². The van der Waals surface area contributed by atoms with Gasteiger partial charge in [0, 0.05) is 0 Å². The van der Waals surface area contributed by atoms with E-state index in [-0.39, 0.29) is 0 Å². The first-order valence-corrected chi connectivity index (χ1v) is 3.22. The Hall–Kier alpha value is 0.149. The van der Waals surface area contributed by atoms with Crippen LogP contribution >= 0.6 is 0 Å². The van der Waals surface area contributed by atoms with E-state index in [0.717, 1.165) is 19.6 Å². The normalized spacial score (nSPS) is 21.4. The van der Waals surface area contributed by atoms with Crippen molar-refractivity contribution in [2.24, 2.45) is 0 Å². The first-order valence-electron chi connectivity index (χ1n) is 2.37. The molecule has 7 heavy (non-hydrogen) atoms. The zero-order chi connectivity index (χ0) is 5.11. The average Bonchev–Trinajstić information content (AvgIpc) is 1.69. The van der Waals surface area contributed by atoms with Gasteiger partial charge in [0.25, 0.3) is 0 Å².